The molecule has 0 aliphatic carbocycles. The molecule has 0 radical (unpaired) electrons. The molecule has 1 saturated heterocycles. The van der Waals surface area contributed by atoms with Gasteiger partial charge in [0.2, 0.25) is 0 Å². The SMILES string of the molecule is CC1CCN(Cn2cnc3ccccc32)CC1. The monoisotopic (exact) mass is 229 g/mol. The number of fused-ring (bicyclic) bond motifs is 1. The summed E-state index contributed by atoms with van der Waals surface area (Å²) in [5.41, 5.74) is 2.34. The van der Waals surface area contributed by atoms with Crippen LogP contribution in [0.2, 0.25) is 0 Å². The average Bonchev–Trinajstić information content (AvgIpc) is 2.76. The van der Waals surface area contributed by atoms with Crippen LogP contribution in [0, 0.1) is 5.92 Å². The Morgan fingerprint density at radius 2 is 2.00 bits per heavy atom. The minimum atomic E-state index is 0.894. The van der Waals surface area contributed by atoms with Gasteiger partial charge in [-0.3, -0.25) is 4.90 Å². The maximum Gasteiger partial charge on any atom is 0.0969 e. The van der Waals surface area contributed by atoms with E-state index in [1.54, 1.807) is 0 Å². The van der Waals surface area contributed by atoms with Gasteiger partial charge < -0.3 is 4.57 Å². The smallest absolute Gasteiger partial charge is 0.0969 e. The number of hydrogen-bond donors (Lipinski definition) is 0. The third-order valence-electron chi connectivity index (χ3n) is 3.76. The summed E-state index contributed by atoms with van der Waals surface area (Å²) in [4.78, 5) is 6.96. The van der Waals surface area contributed by atoms with Crippen molar-refractivity contribution < 1.29 is 0 Å². The molecule has 0 atom stereocenters. The van der Waals surface area contributed by atoms with Crippen molar-refractivity contribution in [1.29, 1.82) is 0 Å². The van der Waals surface area contributed by atoms with Crippen molar-refractivity contribution in [3.63, 3.8) is 0 Å². The van der Waals surface area contributed by atoms with Gasteiger partial charge in [-0.05, 0) is 30.9 Å². The van der Waals surface area contributed by atoms with Gasteiger partial charge in [-0.2, -0.15) is 0 Å². The number of rotatable bonds is 2. The second-order valence-corrected chi connectivity index (χ2v) is 5.15. The van der Waals surface area contributed by atoms with Crippen LogP contribution < -0.4 is 0 Å². The average molecular weight is 229 g/mol. The van der Waals surface area contributed by atoms with Crippen molar-refractivity contribution in [2.24, 2.45) is 5.92 Å². The summed E-state index contributed by atoms with van der Waals surface area (Å²) < 4.78 is 2.26. The molecule has 0 spiro atoms. The van der Waals surface area contributed by atoms with Crippen LogP contribution in [0.5, 0.6) is 0 Å². The quantitative estimate of drug-likeness (QED) is 0.789. The number of aromatic nitrogens is 2. The van der Waals surface area contributed by atoms with Gasteiger partial charge >= 0.3 is 0 Å². The van der Waals surface area contributed by atoms with Crippen LogP contribution in [0.1, 0.15) is 19.8 Å². The van der Waals surface area contributed by atoms with Crippen molar-refractivity contribution in [2.45, 2.75) is 26.4 Å². The molecule has 3 rings (SSSR count). The van der Waals surface area contributed by atoms with Gasteiger partial charge in [-0.15, -0.1) is 0 Å². The fraction of sp³-hybridized carbons (Fsp3) is 0.500. The Kier molecular flexibility index (Phi) is 2.85. The Bertz CT molecular complexity index is 495. The molecular weight excluding hydrogens is 210 g/mol. The normalized spacial score (nSPS) is 18.9. The molecule has 0 unspecified atom stereocenters. The van der Waals surface area contributed by atoms with Crippen molar-refractivity contribution in [3.05, 3.63) is 30.6 Å². The Balaban J connectivity index is 1.76. The van der Waals surface area contributed by atoms with Gasteiger partial charge in [0.05, 0.1) is 24.0 Å². The Morgan fingerprint density at radius 3 is 2.82 bits per heavy atom. The Hall–Kier alpha value is -1.35. The van der Waals surface area contributed by atoms with Gasteiger partial charge in [0, 0.05) is 13.1 Å². The predicted octanol–water partition coefficient (Wildman–Crippen LogP) is 2.73. The van der Waals surface area contributed by atoms with E-state index in [9.17, 15) is 0 Å². The highest BCUT2D eigenvalue weighted by atomic mass is 15.3. The van der Waals surface area contributed by atoms with E-state index in [2.05, 4.69) is 39.6 Å². The molecule has 0 N–H and O–H groups in total. The second kappa shape index (κ2) is 4.49. The molecular formula is C14H19N3. The van der Waals surface area contributed by atoms with Crippen LogP contribution in [-0.4, -0.2) is 27.5 Å². The van der Waals surface area contributed by atoms with Gasteiger partial charge in [0.25, 0.3) is 0 Å². The second-order valence-electron chi connectivity index (χ2n) is 5.15. The number of benzene rings is 1. The van der Waals surface area contributed by atoms with E-state index in [1.807, 2.05) is 12.4 Å². The van der Waals surface area contributed by atoms with Crippen LogP contribution in [0.25, 0.3) is 11.0 Å². The van der Waals surface area contributed by atoms with E-state index < -0.39 is 0 Å². The summed E-state index contributed by atoms with van der Waals surface area (Å²) in [7, 11) is 0. The third kappa shape index (κ3) is 2.20. The van der Waals surface area contributed by atoms with Crippen LogP contribution in [0.15, 0.2) is 30.6 Å². The van der Waals surface area contributed by atoms with E-state index in [0.717, 1.165) is 18.1 Å². The lowest BCUT2D eigenvalue weighted by Crippen LogP contribution is -2.34. The van der Waals surface area contributed by atoms with Crippen LogP contribution in [-0.2, 0) is 6.67 Å². The van der Waals surface area contributed by atoms with Crippen LogP contribution >= 0.6 is 0 Å². The molecule has 3 heteroatoms. The molecule has 0 bridgehead atoms. The lowest BCUT2D eigenvalue weighted by molar-refractivity contribution is 0.156. The highest BCUT2D eigenvalue weighted by Gasteiger charge is 2.16. The number of likely N-dealkylation sites (tertiary alicyclic amines) is 1. The molecule has 90 valence electrons. The van der Waals surface area contributed by atoms with Crippen molar-refractivity contribution in [2.75, 3.05) is 13.1 Å². The molecule has 1 aliphatic heterocycles. The summed E-state index contributed by atoms with van der Waals surface area (Å²) in [6.45, 7) is 5.76. The number of imidazole rings is 1. The van der Waals surface area contributed by atoms with E-state index in [4.69, 9.17) is 0 Å². The summed E-state index contributed by atoms with van der Waals surface area (Å²) in [5, 5.41) is 0. The molecule has 1 aliphatic rings. The fourth-order valence-corrected chi connectivity index (χ4v) is 2.54. The highest BCUT2D eigenvalue weighted by molar-refractivity contribution is 5.74. The molecule has 3 nitrogen and oxygen atoms in total. The van der Waals surface area contributed by atoms with Gasteiger partial charge in [-0.25, -0.2) is 4.98 Å². The van der Waals surface area contributed by atoms with E-state index in [-0.39, 0.29) is 0 Å². The topological polar surface area (TPSA) is 21.1 Å². The van der Waals surface area contributed by atoms with Crippen LogP contribution in [0.3, 0.4) is 0 Å². The minimum Gasteiger partial charge on any atom is -0.317 e. The van der Waals surface area contributed by atoms with Gasteiger partial charge in [0.1, 0.15) is 0 Å². The first kappa shape index (κ1) is 10.8. The number of piperidine rings is 1. The zero-order valence-corrected chi connectivity index (χ0v) is 10.3. The van der Waals surface area contributed by atoms with E-state index in [1.165, 1.54) is 31.4 Å². The summed E-state index contributed by atoms with van der Waals surface area (Å²) >= 11 is 0. The molecule has 0 saturated carbocycles. The predicted molar refractivity (Wildman–Crippen MR) is 69.7 cm³/mol. The molecule has 17 heavy (non-hydrogen) atoms. The molecule has 1 aromatic heterocycles. The molecule has 2 aromatic rings. The Morgan fingerprint density at radius 1 is 1.24 bits per heavy atom. The molecule has 2 heterocycles. The first-order valence-electron chi connectivity index (χ1n) is 6.45. The highest BCUT2D eigenvalue weighted by Crippen LogP contribution is 2.18. The van der Waals surface area contributed by atoms with Crippen LogP contribution in [0.4, 0.5) is 0 Å². The number of hydrogen-bond acceptors (Lipinski definition) is 2. The van der Waals surface area contributed by atoms with Crippen molar-refractivity contribution >= 4 is 11.0 Å². The maximum atomic E-state index is 4.44. The number of para-hydroxylation sites is 2. The van der Waals surface area contributed by atoms with E-state index >= 15 is 0 Å². The van der Waals surface area contributed by atoms with Crippen molar-refractivity contribution in [1.82, 2.24) is 14.5 Å². The van der Waals surface area contributed by atoms with Crippen molar-refractivity contribution in [3.8, 4) is 0 Å². The Labute approximate surface area is 102 Å². The first-order chi connectivity index (χ1) is 8.33. The summed E-state index contributed by atoms with van der Waals surface area (Å²) in [5.74, 6) is 0.894. The standard InChI is InChI=1S/C14H19N3/c1-12-6-8-16(9-7-12)11-17-10-15-13-4-2-3-5-14(13)17/h2-5,10,12H,6-9,11H2,1H3. The zero-order chi connectivity index (χ0) is 11.7. The molecule has 1 aromatic carbocycles. The lowest BCUT2D eigenvalue weighted by Gasteiger charge is -2.30. The maximum absolute atomic E-state index is 4.44. The summed E-state index contributed by atoms with van der Waals surface area (Å²) in [6.07, 6.45) is 4.61. The van der Waals surface area contributed by atoms with E-state index in [0.29, 0.717) is 0 Å². The fourth-order valence-electron chi connectivity index (χ4n) is 2.54. The molecule has 0 amide bonds. The van der Waals surface area contributed by atoms with Gasteiger partial charge in [-0.1, -0.05) is 19.1 Å². The lowest BCUT2D eigenvalue weighted by atomic mass is 10.00. The number of nitrogens with zero attached hydrogens (tertiary/aromatic N) is 3. The largest absolute Gasteiger partial charge is 0.317 e. The summed E-state index contributed by atoms with van der Waals surface area (Å²) in [6, 6.07) is 8.35. The van der Waals surface area contributed by atoms with Gasteiger partial charge in [0.15, 0.2) is 0 Å². The first-order valence-corrected chi connectivity index (χ1v) is 6.45. The minimum absolute atomic E-state index is 0.894. The third-order valence-corrected chi connectivity index (χ3v) is 3.76. The molecule has 1 fully saturated rings. The zero-order valence-electron chi connectivity index (χ0n) is 10.3.